The third-order valence-electron chi connectivity index (χ3n) is 3.00. The van der Waals surface area contributed by atoms with E-state index in [0.717, 1.165) is 12.0 Å². The average molecular weight is 257 g/mol. The highest BCUT2D eigenvalue weighted by atomic mass is 16.6. The number of rotatable bonds is 6. The van der Waals surface area contributed by atoms with Gasteiger partial charge in [-0.15, -0.1) is 0 Å². The van der Waals surface area contributed by atoms with E-state index in [-0.39, 0.29) is 0 Å². The lowest BCUT2D eigenvalue weighted by Gasteiger charge is -2.26. The SMILES string of the molecule is NN(O)N(CCc1ccccc1)Cc1ccccc1. The molecule has 0 spiro atoms. The van der Waals surface area contributed by atoms with Crippen LogP contribution in [0.5, 0.6) is 0 Å². The van der Waals surface area contributed by atoms with Gasteiger partial charge in [0.15, 0.2) is 0 Å². The monoisotopic (exact) mass is 257 g/mol. The molecule has 2 aromatic rings. The molecule has 0 fully saturated rings. The number of nitrogens with zero attached hydrogens (tertiary/aromatic N) is 2. The van der Waals surface area contributed by atoms with Crippen molar-refractivity contribution in [3.63, 3.8) is 0 Å². The Hall–Kier alpha value is -1.72. The van der Waals surface area contributed by atoms with E-state index in [1.165, 1.54) is 5.56 Å². The van der Waals surface area contributed by atoms with E-state index < -0.39 is 0 Å². The molecule has 0 saturated carbocycles. The summed E-state index contributed by atoms with van der Waals surface area (Å²) in [5.41, 5.74) is 2.34. The minimum atomic E-state index is 0.584. The van der Waals surface area contributed by atoms with Crippen molar-refractivity contribution in [1.29, 1.82) is 0 Å². The van der Waals surface area contributed by atoms with Crippen LogP contribution in [0.3, 0.4) is 0 Å². The summed E-state index contributed by atoms with van der Waals surface area (Å²) in [7, 11) is 0. The summed E-state index contributed by atoms with van der Waals surface area (Å²) in [6, 6.07) is 20.1. The second-order valence-corrected chi connectivity index (χ2v) is 4.43. The van der Waals surface area contributed by atoms with Crippen LogP contribution in [0, 0.1) is 0 Å². The fraction of sp³-hybridized carbons (Fsp3) is 0.200. The van der Waals surface area contributed by atoms with Crippen LogP contribution in [0.2, 0.25) is 0 Å². The smallest absolute Gasteiger partial charge is 0.0420 e. The molecule has 0 radical (unpaired) electrons. The van der Waals surface area contributed by atoms with Gasteiger partial charge in [0, 0.05) is 13.1 Å². The van der Waals surface area contributed by atoms with Crippen LogP contribution < -0.4 is 5.84 Å². The molecule has 0 atom stereocenters. The third-order valence-corrected chi connectivity index (χ3v) is 3.00. The van der Waals surface area contributed by atoms with Gasteiger partial charge in [0.1, 0.15) is 0 Å². The predicted octanol–water partition coefficient (Wildman–Crippen LogP) is 2.21. The van der Waals surface area contributed by atoms with Gasteiger partial charge in [0.25, 0.3) is 0 Å². The van der Waals surface area contributed by atoms with Crippen molar-refractivity contribution in [1.82, 2.24) is 10.3 Å². The van der Waals surface area contributed by atoms with E-state index in [9.17, 15) is 5.21 Å². The average Bonchev–Trinajstić information content (AvgIpc) is 2.45. The van der Waals surface area contributed by atoms with E-state index in [2.05, 4.69) is 12.1 Å². The summed E-state index contributed by atoms with van der Waals surface area (Å²) >= 11 is 0. The number of nitrogens with two attached hydrogens (primary N) is 1. The maximum atomic E-state index is 9.49. The van der Waals surface area contributed by atoms with E-state index in [4.69, 9.17) is 5.84 Å². The molecule has 0 aliphatic heterocycles. The van der Waals surface area contributed by atoms with Crippen LogP contribution in [0.15, 0.2) is 60.7 Å². The van der Waals surface area contributed by atoms with Crippen LogP contribution in [0.25, 0.3) is 0 Å². The normalized spacial score (nSPS) is 11.2. The Kier molecular flexibility index (Phi) is 5.06. The zero-order valence-corrected chi connectivity index (χ0v) is 10.8. The highest BCUT2D eigenvalue weighted by Gasteiger charge is 2.10. The van der Waals surface area contributed by atoms with Crippen LogP contribution in [0.4, 0.5) is 0 Å². The molecule has 0 aliphatic rings. The standard InChI is InChI=1S/C15H19N3O/c16-18(19)17(13-15-9-5-2-6-10-15)12-11-14-7-3-1-4-8-14/h1-10,19H,11-13,16H2. The molecule has 0 aliphatic carbocycles. The fourth-order valence-electron chi connectivity index (χ4n) is 1.95. The van der Waals surface area contributed by atoms with E-state index in [1.807, 2.05) is 48.5 Å². The molecule has 2 rings (SSSR count). The van der Waals surface area contributed by atoms with Crippen molar-refractivity contribution >= 4 is 0 Å². The quantitative estimate of drug-likeness (QED) is 0.615. The molecule has 19 heavy (non-hydrogen) atoms. The molecule has 4 nitrogen and oxygen atoms in total. The molecule has 0 bridgehead atoms. The van der Waals surface area contributed by atoms with Crippen molar-refractivity contribution in [3.05, 3.63) is 71.8 Å². The lowest BCUT2D eigenvalue weighted by atomic mass is 10.1. The summed E-state index contributed by atoms with van der Waals surface area (Å²) in [5, 5.41) is 11.9. The van der Waals surface area contributed by atoms with Crippen LogP contribution >= 0.6 is 0 Å². The van der Waals surface area contributed by atoms with Gasteiger partial charge in [-0.05, 0) is 17.5 Å². The van der Waals surface area contributed by atoms with Gasteiger partial charge < -0.3 is 0 Å². The first kappa shape index (κ1) is 13.7. The molecule has 0 heterocycles. The van der Waals surface area contributed by atoms with Crippen molar-refractivity contribution in [2.24, 2.45) is 5.84 Å². The number of benzene rings is 2. The molecule has 0 amide bonds. The van der Waals surface area contributed by atoms with Crippen LogP contribution in [0.1, 0.15) is 11.1 Å². The predicted molar refractivity (Wildman–Crippen MR) is 74.8 cm³/mol. The minimum absolute atomic E-state index is 0.584. The van der Waals surface area contributed by atoms with Gasteiger partial charge in [-0.1, -0.05) is 65.9 Å². The third kappa shape index (κ3) is 4.46. The van der Waals surface area contributed by atoms with Crippen molar-refractivity contribution in [2.45, 2.75) is 13.0 Å². The van der Waals surface area contributed by atoms with Crippen molar-refractivity contribution in [2.75, 3.05) is 6.54 Å². The van der Waals surface area contributed by atoms with Crippen LogP contribution in [-0.4, -0.2) is 22.0 Å². The zero-order chi connectivity index (χ0) is 13.5. The molecular weight excluding hydrogens is 238 g/mol. The molecule has 2 aromatic carbocycles. The summed E-state index contributed by atoms with van der Waals surface area (Å²) in [6.45, 7) is 1.24. The van der Waals surface area contributed by atoms with Crippen molar-refractivity contribution in [3.8, 4) is 0 Å². The van der Waals surface area contributed by atoms with E-state index in [0.29, 0.717) is 18.4 Å². The maximum absolute atomic E-state index is 9.49. The Balaban J connectivity index is 1.93. The fourth-order valence-corrected chi connectivity index (χ4v) is 1.95. The lowest BCUT2D eigenvalue weighted by Crippen LogP contribution is -2.45. The van der Waals surface area contributed by atoms with Gasteiger partial charge in [0.05, 0.1) is 0 Å². The van der Waals surface area contributed by atoms with Crippen LogP contribution in [-0.2, 0) is 13.0 Å². The van der Waals surface area contributed by atoms with Gasteiger partial charge >= 0.3 is 0 Å². The van der Waals surface area contributed by atoms with Gasteiger partial charge in [-0.2, -0.15) is 5.01 Å². The molecule has 3 N–H and O–H groups in total. The highest BCUT2D eigenvalue weighted by Crippen LogP contribution is 2.07. The molecular formula is C15H19N3O. The van der Waals surface area contributed by atoms with Crippen molar-refractivity contribution < 1.29 is 5.21 Å². The molecule has 0 saturated heterocycles. The van der Waals surface area contributed by atoms with Gasteiger partial charge in [-0.3, -0.25) is 5.21 Å². The van der Waals surface area contributed by atoms with Gasteiger partial charge in [0.2, 0.25) is 0 Å². The van der Waals surface area contributed by atoms with E-state index in [1.54, 1.807) is 5.01 Å². The second-order valence-electron chi connectivity index (χ2n) is 4.43. The lowest BCUT2D eigenvalue weighted by molar-refractivity contribution is -0.254. The molecule has 100 valence electrons. The summed E-state index contributed by atoms with van der Waals surface area (Å²) in [4.78, 5) is 0. The first-order chi connectivity index (χ1) is 9.25. The number of hydrogen-bond acceptors (Lipinski definition) is 4. The first-order valence-corrected chi connectivity index (χ1v) is 6.32. The Morgan fingerprint density at radius 1 is 0.842 bits per heavy atom. The maximum Gasteiger partial charge on any atom is 0.0420 e. The summed E-state index contributed by atoms with van der Waals surface area (Å²) in [5.74, 6) is 5.46. The summed E-state index contributed by atoms with van der Waals surface area (Å²) in [6.07, 6.45) is 0.835. The minimum Gasteiger partial charge on any atom is -0.285 e. The highest BCUT2D eigenvalue weighted by molar-refractivity contribution is 5.16. The summed E-state index contributed by atoms with van der Waals surface area (Å²) < 4.78 is 0. The topological polar surface area (TPSA) is 52.7 Å². The Labute approximate surface area is 113 Å². The zero-order valence-electron chi connectivity index (χ0n) is 10.8. The Morgan fingerprint density at radius 3 is 1.89 bits per heavy atom. The number of hydrazine groups is 2. The van der Waals surface area contributed by atoms with Gasteiger partial charge in [-0.25, -0.2) is 5.84 Å². The molecule has 4 heteroatoms. The largest absolute Gasteiger partial charge is 0.285 e. The Bertz CT molecular complexity index is 473. The van der Waals surface area contributed by atoms with E-state index >= 15 is 0 Å². The molecule has 0 unspecified atom stereocenters. The molecule has 0 aromatic heterocycles. The number of hydrogen-bond donors (Lipinski definition) is 2. The Morgan fingerprint density at radius 2 is 1.37 bits per heavy atom. The second kappa shape index (κ2) is 7.01. The first-order valence-electron chi connectivity index (χ1n) is 6.32.